The lowest BCUT2D eigenvalue weighted by molar-refractivity contribution is -0.145. The Balaban J connectivity index is 1.65. The minimum atomic E-state index is -1.51. The summed E-state index contributed by atoms with van der Waals surface area (Å²) in [6.07, 6.45) is -0.666. The molecular weight excluding hydrogens is 686 g/mol. The van der Waals surface area contributed by atoms with Gasteiger partial charge in [0.25, 0.3) is 0 Å². The third-order valence-corrected chi connectivity index (χ3v) is 8.46. The average Bonchev–Trinajstić information content (AvgIpc) is 3.57. The molecule has 0 saturated carbocycles. The van der Waals surface area contributed by atoms with Crippen molar-refractivity contribution in [3.05, 3.63) is 76.1 Å². The van der Waals surface area contributed by atoms with Crippen LogP contribution >= 0.6 is 0 Å². The first-order valence-corrected chi connectivity index (χ1v) is 17.3. The van der Waals surface area contributed by atoms with E-state index < -0.39 is 65.6 Å². The van der Waals surface area contributed by atoms with Gasteiger partial charge in [0.1, 0.15) is 29.3 Å². The molecule has 53 heavy (non-hydrogen) atoms. The molecule has 7 N–H and O–H groups in total. The summed E-state index contributed by atoms with van der Waals surface area (Å²) in [5.41, 5.74) is 11.7. The fourth-order valence-corrected chi connectivity index (χ4v) is 6.09. The van der Waals surface area contributed by atoms with Gasteiger partial charge in [0.2, 0.25) is 17.7 Å². The first kappa shape index (κ1) is 39.8. The number of alkyl carbamates (subject to hydrolysis) is 1. The molecular formula is C37H47N7O9. The molecule has 3 atom stereocenters. The second-order valence-electron chi connectivity index (χ2n) is 13.8. The zero-order chi connectivity index (χ0) is 38.9. The number of anilines is 1. The zero-order valence-electron chi connectivity index (χ0n) is 30.3. The quantitative estimate of drug-likeness (QED) is 0.0698. The Morgan fingerprint density at radius 2 is 1.77 bits per heavy atom. The molecule has 4 rings (SSSR count). The van der Waals surface area contributed by atoms with Crippen LogP contribution in [0.1, 0.15) is 64.0 Å². The number of carboxylic acids is 1. The summed E-state index contributed by atoms with van der Waals surface area (Å²) in [7, 11) is 0. The lowest BCUT2D eigenvalue weighted by Crippen LogP contribution is -2.57. The largest absolute Gasteiger partial charge is 0.481 e. The molecule has 2 heterocycles. The van der Waals surface area contributed by atoms with E-state index in [1.165, 1.54) is 15.9 Å². The molecule has 1 saturated heterocycles. The van der Waals surface area contributed by atoms with Gasteiger partial charge in [-0.1, -0.05) is 30.3 Å². The normalized spacial score (nSPS) is 15.2. The fourth-order valence-electron chi connectivity index (χ4n) is 6.09. The van der Waals surface area contributed by atoms with Gasteiger partial charge in [-0.15, -0.1) is 0 Å². The smallest absolute Gasteiger partial charge is 0.408 e. The molecule has 0 aliphatic carbocycles. The first-order chi connectivity index (χ1) is 25.0. The van der Waals surface area contributed by atoms with Crippen LogP contribution in [0.2, 0.25) is 0 Å². The third kappa shape index (κ3) is 11.3. The van der Waals surface area contributed by atoms with E-state index in [1.807, 2.05) is 30.3 Å². The Hall–Kier alpha value is -5.93. The summed E-state index contributed by atoms with van der Waals surface area (Å²) in [6, 6.07) is 11.9. The Kier molecular flexibility index (Phi) is 13.2. The molecule has 0 unspecified atom stereocenters. The van der Waals surface area contributed by atoms with Crippen LogP contribution in [-0.2, 0) is 30.5 Å². The number of nitrogens with zero attached hydrogens (tertiary/aromatic N) is 3. The molecule has 1 aliphatic heterocycles. The number of aryl methyl sites for hydroxylation is 1. The van der Waals surface area contributed by atoms with Crippen LogP contribution in [0.4, 0.5) is 10.5 Å². The third-order valence-electron chi connectivity index (χ3n) is 8.46. The first-order valence-electron chi connectivity index (χ1n) is 17.3. The number of ether oxygens (including phenoxy) is 1. The number of carbonyl (C=O) groups is 5. The maximum Gasteiger partial charge on any atom is 0.408 e. The van der Waals surface area contributed by atoms with Crippen molar-refractivity contribution >= 4 is 52.4 Å². The minimum absolute atomic E-state index is 0.0999. The van der Waals surface area contributed by atoms with Crippen molar-refractivity contribution in [3.8, 4) is 0 Å². The lowest BCUT2D eigenvalue weighted by atomic mass is 10.1. The molecule has 4 amide bonds. The molecule has 2 aromatic carbocycles. The predicted molar refractivity (Wildman–Crippen MR) is 197 cm³/mol. The number of nitrogens with two attached hydrogens (primary N) is 2. The number of hydrogen-bond donors (Lipinski definition) is 5. The molecule has 16 nitrogen and oxygen atoms in total. The lowest BCUT2D eigenvalue weighted by Gasteiger charge is -2.31. The Morgan fingerprint density at radius 1 is 1.06 bits per heavy atom. The maximum atomic E-state index is 14.6. The number of rotatable bonds is 14. The number of carboxylic acid groups (broad SMARTS) is 1. The molecule has 16 heteroatoms. The van der Waals surface area contributed by atoms with Crippen LogP contribution < -0.4 is 32.6 Å². The van der Waals surface area contributed by atoms with E-state index in [1.54, 1.807) is 45.9 Å². The van der Waals surface area contributed by atoms with Crippen LogP contribution in [0.15, 0.2) is 68.8 Å². The molecule has 0 radical (unpaired) electrons. The number of likely N-dealkylation sites (tertiary alicyclic amines) is 1. The summed E-state index contributed by atoms with van der Waals surface area (Å²) < 4.78 is 10.7. The van der Waals surface area contributed by atoms with Crippen LogP contribution in [0.25, 0.3) is 11.0 Å². The number of aliphatic imine (C=N–C) groups is 1. The number of benzene rings is 2. The number of amides is 4. The van der Waals surface area contributed by atoms with Crippen molar-refractivity contribution < 1.29 is 38.2 Å². The van der Waals surface area contributed by atoms with Crippen LogP contribution in [0, 0.1) is 6.92 Å². The van der Waals surface area contributed by atoms with E-state index >= 15 is 0 Å². The van der Waals surface area contributed by atoms with Crippen LogP contribution in [-0.4, -0.2) is 82.6 Å². The Morgan fingerprint density at radius 3 is 2.43 bits per heavy atom. The van der Waals surface area contributed by atoms with Crippen LogP contribution in [0.5, 0.6) is 0 Å². The number of fused-ring (bicyclic) bond motifs is 1. The minimum Gasteiger partial charge on any atom is -0.481 e. The van der Waals surface area contributed by atoms with Gasteiger partial charge in [0.15, 0.2) is 5.96 Å². The summed E-state index contributed by atoms with van der Waals surface area (Å²) in [5.74, 6) is -3.38. The number of carbonyl (C=O) groups excluding carboxylic acids is 4. The standard InChI is InChI=1S/C37H47N7O9/c1-22-18-31(47)52-29-19-24(14-15-25(22)29)44(21-23-10-6-5-7-11-23)33(49)26(12-8-16-40-35(38)39)41-32(48)28-13-9-17-43(28)34(50)27(20-30(45)46)42-36(51)53-37(2,3)4/h5-7,10-11,14-15,18-19,26-28H,8-9,12-13,16-17,20-21H2,1-4H3,(H,41,48)(H,42,51)(H,45,46)(H4,38,39,40)/t26-,27-,28-/m0/s1. The number of nitrogens with one attached hydrogen (secondary N) is 2. The van der Waals surface area contributed by atoms with Crippen molar-refractivity contribution in [3.63, 3.8) is 0 Å². The van der Waals surface area contributed by atoms with E-state index in [9.17, 15) is 33.9 Å². The maximum absolute atomic E-state index is 14.6. The van der Waals surface area contributed by atoms with Gasteiger partial charge in [-0.05, 0) is 76.6 Å². The highest BCUT2D eigenvalue weighted by Crippen LogP contribution is 2.27. The van der Waals surface area contributed by atoms with E-state index in [-0.39, 0.29) is 44.0 Å². The topological polar surface area (TPSA) is 240 Å². The summed E-state index contributed by atoms with van der Waals surface area (Å²) in [4.78, 5) is 85.5. The summed E-state index contributed by atoms with van der Waals surface area (Å²) in [6.45, 7) is 7.03. The van der Waals surface area contributed by atoms with Crippen molar-refractivity contribution in [1.29, 1.82) is 0 Å². The summed E-state index contributed by atoms with van der Waals surface area (Å²) >= 11 is 0. The monoisotopic (exact) mass is 733 g/mol. The van der Waals surface area contributed by atoms with E-state index in [0.29, 0.717) is 29.5 Å². The molecule has 0 spiro atoms. The Labute approximate surface area is 306 Å². The fraction of sp³-hybridized carbons (Fsp3) is 0.432. The SMILES string of the molecule is Cc1cc(=O)oc2cc(N(Cc3ccccc3)C(=O)[C@H](CCCN=C(N)N)NC(=O)[C@@H]3CCCN3C(=O)[C@H](CC(=O)O)NC(=O)OC(C)(C)C)ccc12. The number of hydrogen-bond acceptors (Lipinski definition) is 9. The number of guanidine groups is 1. The van der Waals surface area contributed by atoms with E-state index in [0.717, 1.165) is 5.56 Å². The highest BCUT2D eigenvalue weighted by atomic mass is 16.6. The van der Waals surface area contributed by atoms with Gasteiger partial charge >= 0.3 is 17.7 Å². The molecule has 1 aliphatic rings. The highest BCUT2D eigenvalue weighted by molar-refractivity contribution is 6.01. The zero-order valence-corrected chi connectivity index (χ0v) is 30.3. The van der Waals surface area contributed by atoms with Crippen LogP contribution in [0.3, 0.4) is 0 Å². The van der Waals surface area contributed by atoms with Gasteiger partial charge in [-0.25, -0.2) is 9.59 Å². The molecule has 1 fully saturated rings. The molecule has 284 valence electrons. The van der Waals surface area contributed by atoms with Gasteiger partial charge in [0, 0.05) is 36.3 Å². The van der Waals surface area contributed by atoms with Gasteiger partial charge in [0.05, 0.1) is 13.0 Å². The van der Waals surface area contributed by atoms with Crippen molar-refractivity contribution in [1.82, 2.24) is 15.5 Å². The molecule has 3 aromatic rings. The van der Waals surface area contributed by atoms with Crippen molar-refractivity contribution in [2.75, 3.05) is 18.0 Å². The van der Waals surface area contributed by atoms with E-state index in [2.05, 4.69) is 15.6 Å². The second-order valence-corrected chi connectivity index (χ2v) is 13.8. The van der Waals surface area contributed by atoms with Gasteiger partial charge < -0.3 is 46.2 Å². The summed E-state index contributed by atoms with van der Waals surface area (Å²) in [5, 5.41) is 15.4. The average molecular weight is 734 g/mol. The van der Waals surface area contributed by atoms with Crippen molar-refractivity contribution in [2.24, 2.45) is 16.5 Å². The number of aliphatic carboxylic acids is 1. The van der Waals surface area contributed by atoms with Crippen molar-refractivity contribution in [2.45, 2.75) is 90.1 Å². The van der Waals surface area contributed by atoms with Gasteiger partial charge in [-0.2, -0.15) is 0 Å². The molecule has 0 bridgehead atoms. The molecule has 1 aromatic heterocycles. The highest BCUT2D eigenvalue weighted by Gasteiger charge is 2.40. The second kappa shape index (κ2) is 17.5. The Bertz CT molecular complexity index is 1900. The van der Waals surface area contributed by atoms with E-state index in [4.69, 9.17) is 20.6 Å². The predicted octanol–water partition coefficient (Wildman–Crippen LogP) is 2.53. The van der Waals surface area contributed by atoms with Gasteiger partial charge in [-0.3, -0.25) is 24.2 Å².